The van der Waals surface area contributed by atoms with E-state index in [0.717, 1.165) is 9.69 Å². The molecule has 2 heterocycles. The molecular weight excluding hydrogens is 208 g/mol. The van der Waals surface area contributed by atoms with Gasteiger partial charge < -0.3 is 0 Å². The molecule has 0 spiro atoms. The maximum Gasteiger partial charge on any atom is 0.272 e. The van der Waals surface area contributed by atoms with E-state index in [9.17, 15) is 4.79 Å². The van der Waals surface area contributed by atoms with Crippen molar-refractivity contribution in [2.45, 2.75) is 0 Å². The molecule has 54 valence electrons. The maximum atomic E-state index is 10.8. The molecule has 0 unspecified atom stereocenters. The van der Waals surface area contributed by atoms with Gasteiger partial charge >= 0.3 is 0 Å². The number of amides is 1. The Morgan fingerprint density at radius 1 is 1.45 bits per heavy atom. The van der Waals surface area contributed by atoms with Gasteiger partial charge in [0.15, 0.2) is 5.49 Å². The Labute approximate surface area is 70.6 Å². The fourth-order valence-electron chi connectivity index (χ4n) is 0.922. The van der Waals surface area contributed by atoms with Gasteiger partial charge in [-0.3, -0.25) is 4.79 Å². The Bertz CT molecular complexity index is 438. The van der Waals surface area contributed by atoms with Crippen molar-refractivity contribution in [1.82, 2.24) is 4.98 Å². The number of nitrogens with zero attached hydrogens (tertiary/aromatic N) is 2. The number of fused-ring (bicyclic) bond motifs is 1. The number of carbonyl (C=O) groups is 1. The highest BCUT2D eigenvalue weighted by molar-refractivity contribution is 9.10. The molecule has 1 amide bonds. The number of rotatable bonds is 0. The third-order valence-corrected chi connectivity index (χ3v) is 2.09. The number of hydrogen-bond donors (Lipinski definition) is 0. The summed E-state index contributed by atoms with van der Waals surface area (Å²) < 4.78 is 0.858. The van der Waals surface area contributed by atoms with Crippen LogP contribution >= 0.6 is 15.9 Å². The first-order valence-electron chi connectivity index (χ1n) is 3.02. The first-order valence-corrected chi connectivity index (χ1v) is 3.81. The molecule has 0 aliphatic carbocycles. The molecule has 4 heteroatoms. The van der Waals surface area contributed by atoms with Crippen LogP contribution in [0, 0.1) is 0 Å². The molecule has 1 aromatic rings. The van der Waals surface area contributed by atoms with Gasteiger partial charge in [-0.25, -0.2) is 4.98 Å². The molecule has 0 N–H and O–H groups in total. The molecule has 1 aromatic heterocycles. The minimum absolute atomic E-state index is 0.237. The van der Waals surface area contributed by atoms with Crippen LogP contribution < -0.4 is 10.7 Å². The van der Waals surface area contributed by atoms with Crippen molar-refractivity contribution in [2.24, 2.45) is 4.99 Å². The first kappa shape index (κ1) is 6.67. The van der Waals surface area contributed by atoms with Gasteiger partial charge in [0.2, 0.25) is 0 Å². The first-order chi connectivity index (χ1) is 5.27. The topological polar surface area (TPSA) is 42.3 Å². The highest BCUT2D eigenvalue weighted by Crippen LogP contribution is 1.98. The van der Waals surface area contributed by atoms with Crippen LogP contribution in [-0.4, -0.2) is 10.9 Å². The lowest BCUT2D eigenvalue weighted by atomic mass is 10.4. The van der Waals surface area contributed by atoms with Crippen molar-refractivity contribution < 1.29 is 4.79 Å². The van der Waals surface area contributed by atoms with Crippen LogP contribution in [0.5, 0.6) is 0 Å². The molecule has 2 rings (SSSR count). The van der Waals surface area contributed by atoms with E-state index in [1.807, 2.05) is 0 Å². The van der Waals surface area contributed by atoms with Gasteiger partial charge in [0.25, 0.3) is 5.91 Å². The monoisotopic (exact) mass is 210 g/mol. The average Bonchev–Trinajstić information content (AvgIpc) is 2.31. The van der Waals surface area contributed by atoms with Crippen LogP contribution in [0.1, 0.15) is 0 Å². The van der Waals surface area contributed by atoms with E-state index in [0.29, 0.717) is 5.49 Å². The normalized spacial score (nSPS) is 13.7. The quantitative estimate of drug-likeness (QED) is 0.595. The van der Waals surface area contributed by atoms with Crippen molar-refractivity contribution in [2.75, 3.05) is 0 Å². The second-order valence-electron chi connectivity index (χ2n) is 2.12. The standard InChI is InChI=1S/C7H3BrN2O/c8-5-1-2-9-7-4(5)3-6(11)10-7/h1-3H. The minimum Gasteiger partial charge on any atom is -0.267 e. The summed E-state index contributed by atoms with van der Waals surface area (Å²) in [5, 5.41) is 0.775. The molecule has 0 fully saturated rings. The lowest BCUT2D eigenvalue weighted by molar-refractivity contribution is -0.112. The van der Waals surface area contributed by atoms with E-state index in [2.05, 4.69) is 25.9 Å². The fourth-order valence-corrected chi connectivity index (χ4v) is 1.33. The lowest BCUT2D eigenvalue weighted by Crippen LogP contribution is -2.25. The van der Waals surface area contributed by atoms with Gasteiger partial charge in [0, 0.05) is 22.0 Å². The Kier molecular flexibility index (Phi) is 1.35. The van der Waals surface area contributed by atoms with Crippen LogP contribution in [0.2, 0.25) is 0 Å². The van der Waals surface area contributed by atoms with Crippen molar-refractivity contribution in [1.29, 1.82) is 0 Å². The zero-order valence-corrected chi connectivity index (χ0v) is 7.00. The molecule has 0 saturated heterocycles. The maximum absolute atomic E-state index is 10.8. The minimum atomic E-state index is -0.237. The second kappa shape index (κ2) is 2.23. The van der Waals surface area contributed by atoms with E-state index in [1.54, 1.807) is 12.3 Å². The zero-order chi connectivity index (χ0) is 7.84. The van der Waals surface area contributed by atoms with Gasteiger partial charge in [-0.1, -0.05) is 0 Å². The number of pyridine rings is 1. The number of carbonyl (C=O) groups excluding carboxylic acids is 1. The zero-order valence-electron chi connectivity index (χ0n) is 5.41. The lowest BCUT2D eigenvalue weighted by Gasteiger charge is -1.85. The summed E-state index contributed by atoms with van der Waals surface area (Å²) in [6, 6.07) is 1.78. The van der Waals surface area contributed by atoms with E-state index in [1.165, 1.54) is 6.08 Å². The summed E-state index contributed by atoms with van der Waals surface area (Å²) in [5.74, 6) is -0.237. The van der Waals surface area contributed by atoms with Crippen molar-refractivity contribution >= 4 is 27.9 Å². The van der Waals surface area contributed by atoms with Gasteiger partial charge in [0.1, 0.15) is 0 Å². The van der Waals surface area contributed by atoms with E-state index >= 15 is 0 Å². The van der Waals surface area contributed by atoms with E-state index in [-0.39, 0.29) is 5.91 Å². The predicted molar refractivity (Wildman–Crippen MR) is 42.2 cm³/mol. The third kappa shape index (κ3) is 0.991. The largest absolute Gasteiger partial charge is 0.272 e. The molecule has 0 aromatic carbocycles. The van der Waals surface area contributed by atoms with Crippen LogP contribution in [0.25, 0.3) is 6.08 Å². The van der Waals surface area contributed by atoms with Crippen molar-refractivity contribution in [3.63, 3.8) is 0 Å². The van der Waals surface area contributed by atoms with E-state index in [4.69, 9.17) is 0 Å². The molecule has 0 bridgehead atoms. The predicted octanol–water partition coefficient (Wildman–Crippen LogP) is -0.216. The second-order valence-corrected chi connectivity index (χ2v) is 2.98. The van der Waals surface area contributed by atoms with E-state index < -0.39 is 0 Å². The molecule has 3 nitrogen and oxygen atoms in total. The number of aromatic nitrogens is 1. The van der Waals surface area contributed by atoms with Crippen LogP contribution in [0.3, 0.4) is 0 Å². The molecule has 11 heavy (non-hydrogen) atoms. The summed E-state index contributed by atoms with van der Waals surface area (Å²) in [4.78, 5) is 18.4. The third-order valence-electron chi connectivity index (χ3n) is 1.40. The highest BCUT2D eigenvalue weighted by atomic mass is 79.9. The molecule has 0 radical (unpaired) electrons. The smallest absolute Gasteiger partial charge is 0.267 e. The van der Waals surface area contributed by atoms with Gasteiger partial charge in [-0.05, 0) is 22.0 Å². The summed E-state index contributed by atoms with van der Waals surface area (Å²) in [6.07, 6.45) is 3.07. The molecule has 0 saturated carbocycles. The summed E-state index contributed by atoms with van der Waals surface area (Å²) in [5.41, 5.74) is 0.504. The van der Waals surface area contributed by atoms with Gasteiger partial charge in [0.05, 0.1) is 0 Å². The van der Waals surface area contributed by atoms with Gasteiger partial charge in [-0.2, -0.15) is 4.99 Å². The van der Waals surface area contributed by atoms with Crippen LogP contribution in [-0.2, 0) is 4.79 Å². The molecule has 1 aliphatic rings. The SMILES string of the molecule is O=C1C=c2c(Br)ccnc2=N1. The number of hydrogen-bond acceptors (Lipinski definition) is 2. The summed E-state index contributed by atoms with van der Waals surface area (Å²) >= 11 is 3.29. The molecule has 0 atom stereocenters. The van der Waals surface area contributed by atoms with Crippen LogP contribution in [0.4, 0.5) is 0 Å². The average molecular weight is 211 g/mol. The van der Waals surface area contributed by atoms with Gasteiger partial charge in [-0.15, -0.1) is 0 Å². The summed E-state index contributed by atoms with van der Waals surface area (Å²) in [6.45, 7) is 0. The molecular formula is C7H3BrN2O. The molecule has 1 aliphatic heterocycles. The van der Waals surface area contributed by atoms with Crippen molar-refractivity contribution in [3.05, 3.63) is 27.4 Å². The Balaban J connectivity index is 2.97. The van der Waals surface area contributed by atoms with Crippen molar-refractivity contribution in [3.8, 4) is 0 Å². The summed E-state index contributed by atoms with van der Waals surface area (Å²) in [7, 11) is 0. The van der Waals surface area contributed by atoms with Crippen LogP contribution in [0.15, 0.2) is 21.7 Å². The Morgan fingerprint density at radius 2 is 2.27 bits per heavy atom. The number of halogens is 1. The Morgan fingerprint density at radius 3 is 3.00 bits per heavy atom. The highest BCUT2D eigenvalue weighted by Gasteiger charge is 2.05. The fraction of sp³-hybridized carbons (Fsp3) is 0. The Hall–Kier alpha value is -1.03.